The molecule has 7 nitrogen and oxygen atoms in total. The zero-order valence-corrected chi connectivity index (χ0v) is 8.18. The van der Waals surface area contributed by atoms with Gasteiger partial charge in [-0.1, -0.05) is 0 Å². The molecule has 2 N–H and O–H groups in total. The Kier molecular flexibility index (Phi) is 1.97. The molecular weight excluding hydrogens is 202 g/mol. The van der Waals surface area contributed by atoms with E-state index in [9.17, 15) is 9.59 Å². The van der Waals surface area contributed by atoms with Crippen LogP contribution in [0.5, 0.6) is 0 Å². The molecule has 80 valence electrons. The number of aromatic nitrogens is 2. The van der Waals surface area contributed by atoms with Crippen molar-refractivity contribution in [3.8, 4) is 0 Å². The van der Waals surface area contributed by atoms with Gasteiger partial charge in [0.1, 0.15) is 5.82 Å². The molecule has 0 saturated carbocycles. The van der Waals surface area contributed by atoms with Gasteiger partial charge in [-0.05, 0) is 13.8 Å². The number of rotatable bonds is 1. The predicted octanol–water partition coefficient (Wildman–Crippen LogP) is -0.272. The molecule has 0 aliphatic carbocycles. The first-order valence-corrected chi connectivity index (χ1v) is 4.29. The fraction of sp³-hybridized carbons (Fsp3) is 0.375. The summed E-state index contributed by atoms with van der Waals surface area (Å²) in [5.74, 6) is 0.512. The summed E-state index contributed by atoms with van der Waals surface area (Å²) in [6, 6.07) is 0. The van der Waals surface area contributed by atoms with Crippen molar-refractivity contribution >= 4 is 11.4 Å². The Hall–Kier alpha value is -1.89. The van der Waals surface area contributed by atoms with Crippen LogP contribution in [0.2, 0.25) is 0 Å². The van der Waals surface area contributed by atoms with E-state index in [-0.39, 0.29) is 11.4 Å². The normalized spacial score (nSPS) is 13.3. The van der Waals surface area contributed by atoms with E-state index in [1.54, 1.807) is 13.8 Å². The van der Waals surface area contributed by atoms with Crippen LogP contribution in [0, 0.1) is 6.92 Å². The highest BCUT2D eigenvalue weighted by molar-refractivity contribution is 5.61. The van der Waals surface area contributed by atoms with Crippen LogP contribution in [0.15, 0.2) is 18.4 Å². The predicted molar refractivity (Wildman–Crippen MR) is 50.4 cm³/mol. The Morgan fingerprint density at radius 2 is 1.93 bits per heavy atom. The monoisotopic (exact) mass is 211 g/mol. The average Bonchev–Trinajstić information content (AvgIpc) is 2.41. The standard InChI is InChI=1S/C8H9N3O4/c1-3(9)11-4(2)10-5-6(11)15-8(13)7(12)14-5/h3H,9H2,1-2H3. The lowest BCUT2D eigenvalue weighted by molar-refractivity contribution is 0.421. The molecule has 0 spiro atoms. The third-order valence-electron chi connectivity index (χ3n) is 1.97. The van der Waals surface area contributed by atoms with E-state index in [4.69, 9.17) is 10.2 Å². The van der Waals surface area contributed by atoms with Crippen molar-refractivity contribution in [3.05, 3.63) is 26.7 Å². The van der Waals surface area contributed by atoms with Gasteiger partial charge in [-0.25, -0.2) is 9.59 Å². The van der Waals surface area contributed by atoms with E-state index in [0.29, 0.717) is 5.82 Å². The first kappa shape index (κ1) is 9.66. The number of imidazole rings is 1. The molecule has 0 bridgehead atoms. The quantitative estimate of drug-likeness (QED) is 0.651. The number of aryl methyl sites for hydroxylation is 1. The maximum absolute atomic E-state index is 11.0. The van der Waals surface area contributed by atoms with E-state index in [0.717, 1.165) is 0 Å². The second-order valence-electron chi connectivity index (χ2n) is 3.16. The van der Waals surface area contributed by atoms with Gasteiger partial charge in [-0.2, -0.15) is 4.98 Å². The molecule has 2 aromatic rings. The maximum Gasteiger partial charge on any atom is 0.424 e. The summed E-state index contributed by atoms with van der Waals surface area (Å²) in [4.78, 5) is 25.8. The van der Waals surface area contributed by atoms with Crippen LogP contribution in [0.25, 0.3) is 11.4 Å². The molecule has 0 fully saturated rings. The first-order valence-electron chi connectivity index (χ1n) is 4.29. The molecule has 0 radical (unpaired) electrons. The third-order valence-corrected chi connectivity index (χ3v) is 1.97. The second-order valence-corrected chi connectivity index (χ2v) is 3.16. The number of nitrogens with zero attached hydrogens (tertiary/aromatic N) is 2. The summed E-state index contributed by atoms with van der Waals surface area (Å²) in [6.07, 6.45) is -0.425. The summed E-state index contributed by atoms with van der Waals surface area (Å²) in [5.41, 5.74) is 3.57. The smallest absolute Gasteiger partial charge is 0.395 e. The minimum atomic E-state index is -1.07. The zero-order chi connectivity index (χ0) is 11.2. The van der Waals surface area contributed by atoms with E-state index >= 15 is 0 Å². The van der Waals surface area contributed by atoms with Gasteiger partial charge in [0.25, 0.3) is 11.4 Å². The molecule has 1 atom stereocenters. The third kappa shape index (κ3) is 1.37. The van der Waals surface area contributed by atoms with Crippen molar-refractivity contribution in [2.45, 2.75) is 20.0 Å². The van der Waals surface area contributed by atoms with E-state index in [1.807, 2.05) is 0 Å². The molecule has 15 heavy (non-hydrogen) atoms. The average molecular weight is 211 g/mol. The van der Waals surface area contributed by atoms with Crippen LogP contribution < -0.4 is 17.0 Å². The summed E-state index contributed by atoms with van der Waals surface area (Å²) in [5, 5.41) is 0. The van der Waals surface area contributed by atoms with Gasteiger partial charge in [-0.15, -0.1) is 0 Å². The van der Waals surface area contributed by atoms with E-state index in [1.165, 1.54) is 4.57 Å². The Bertz CT molecular complexity index is 619. The van der Waals surface area contributed by atoms with Crippen molar-refractivity contribution in [2.75, 3.05) is 0 Å². The fourth-order valence-corrected chi connectivity index (χ4v) is 1.40. The first-order chi connectivity index (χ1) is 7.00. The highest BCUT2D eigenvalue weighted by Gasteiger charge is 2.16. The van der Waals surface area contributed by atoms with Gasteiger partial charge in [0, 0.05) is 0 Å². The lowest BCUT2D eigenvalue weighted by Gasteiger charge is -2.07. The van der Waals surface area contributed by atoms with Crippen molar-refractivity contribution in [1.29, 1.82) is 0 Å². The van der Waals surface area contributed by atoms with Crippen LogP contribution in [0.1, 0.15) is 18.9 Å². The minimum absolute atomic E-state index is 0.0191. The minimum Gasteiger partial charge on any atom is -0.395 e. The maximum atomic E-state index is 11.0. The molecule has 2 heterocycles. The van der Waals surface area contributed by atoms with Gasteiger partial charge in [-0.3, -0.25) is 4.57 Å². The van der Waals surface area contributed by atoms with Crippen LogP contribution in [-0.4, -0.2) is 9.55 Å². The van der Waals surface area contributed by atoms with E-state index < -0.39 is 17.4 Å². The summed E-state index contributed by atoms with van der Waals surface area (Å²) in [7, 11) is 0. The Balaban J connectivity index is 2.94. The SMILES string of the molecule is Cc1nc2oc(=O)c(=O)oc2n1C(C)N. The molecule has 7 heteroatoms. The van der Waals surface area contributed by atoms with Gasteiger partial charge >= 0.3 is 11.3 Å². The highest BCUT2D eigenvalue weighted by atomic mass is 16.5. The Morgan fingerprint density at radius 3 is 2.53 bits per heavy atom. The highest BCUT2D eigenvalue weighted by Crippen LogP contribution is 2.15. The van der Waals surface area contributed by atoms with Crippen LogP contribution in [0.3, 0.4) is 0 Å². The Labute approximate surface area is 83.1 Å². The van der Waals surface area contributed by atoms with Crippen molar-refractivity contribution < 1.29 is 8.83 Å². The topological polar surface area (TPSA) is 104 Å². The Morgan fingerprint density at radius 1 is 1.33 bits per heavy atom. The number of nitrogens with two attached hydrogens (primary N) is 1. The fourth-order valence-electron chi connectivity index (χ4n) is 1.40. The number of fused-ring (bicyclic) bond motifs is 1. The number of hydrogen-bond donors (Lipinski definition) is 1. The molecule has 2 aromatic heterocycles. The molecule has 1 unspecified atom stereocenters. The van der Waals surface area contributed by atoms with Crippen molar-refractivity contribution in [3.63, 3.8) is 0 Å². The van der Waals surface area contributed by atoms with Gasteiger partial charge in [0.2, 0.25) is 0 Å². The molecule has 0 aromatic carbocycles. The summed E-state index contributed by atoms with van der Waals surface area (Å²) in [6.45, 7) is 3.36. The molecule has 0 amide bonds. The molecule has 0 aliphatic heterocycles. The van der Waals surface area contributed by atoms with Gasteiger partial charge < -0.3 is 14.6 Å². The lowest BCUT2D eigenvalue weighted by Crippen LogP contribution is -2.22. The van der Waals surface area contributed by atoms with Crippen LogP contribution in [-0.2, 0) is 0 Å². The zero-order valence-electron chi connectivity index (χ0n) is 8.18. The van der Waals surface area contributed by atoms with Gasteiger partial charge in [0.05, 0.1) is 6.17 Å². The summed E-state index contributed by atoms with van der Waals surface area (Å²) >= 11 is 0. The molecular formula is C8H9N3O4. The van der Waals surface area contributed by atoms with Crippen molar-refractivity contribution in [2.24, 2.45) is 5.73 Å². The van der Waals surface area contributed by atoms with E-state index in [2.05, 4.69) is 9.40 Å². The lowest BCUT2D eigenvalue weighted by atomic mass is 10.5. The van der Waals surface area contributed by atoms with Crippen molar-refractivity contribution in [1.82, 2.24) is 9.55 Å². The largest absolute Gasteiger partial charge is 0.424 e. The van der Waals surface area contributed by atoms with Gasteiger partial charge in [0.15, 0.2) is 0 Å². The number of hydrogen-bond acceptors (Lipinski definition) is 6. The molecule has 2 rings (SSSR count). The van der Waals surface area contributed by atoms with Crippen LogP contribution in [0.4, 0.5) is 0 Å². The molecule has 0 saturated heterocycles. The second kappa shape index (κ2) is 3.06. The summed E-state index contributed by atoms with van der Waals surface area (Å²) < 4.78 is 10.9. The van der Waals surface area contributed by atoms with Crippen LogP contribution >= 0.6 is 0 Å². The molecule has 0 aliphatic rings.